The molecule has 5 amide bonds. The number of amides is 5. The smallest absolute Gasteiger partial charge is 0.255 e. The van der Waals surface area contributed by atoms with Crippen LogP contribution in [0.5, 0.6) is 0 Å². The number of fused-ring (bicyclic) bond motifs is 3. The fourth-order valence-electron chi connectivity index (χ4n) is 6.52. The van der Waals surface area contributed by atoms with Gasteiger partial charge in [-0.2, -0.15) is 0 Å². The van der Waals surface area contributed by atoms with Gasteiger partial charge in [-0.3, -0.25) is 29.0 Å². The van der Waals surface area contributed by atoms with E-state index >= 15 is 0 Å². The first-order chi connectivity index (χ1) is 22.6. The van der Waals surface area contributed by atoms with Gasteiger partial charge in [0.2, 0.25) is 23.6 Å². The highest BCUT2D eigenvalue weighted by atomic mass is 16.5. The Kier molecular flexibility index (Phi) is 11.2. The number of aliphatic hydroxyl groups excluding tert-OH is 1. The van der Waals surface area contributed by atoms with Crippen LogP contribution in [0, 0.1) is 5.92 Å². The molecule has 0 aliphatic carbocycles. The third-order valence-corrected chi connectivity index (χ3v) is 8.91. The number of hydrogen-bond donors (Lipinski definition) is 4. The zero-order valence-corrected chi connectivity index (χ0v) is 26.8. The van der Waals surface area contributed by atoms with Crippen LogP contribution < -0.4 is 16.0 Å². The first-order valence-corrected chi connectivity index (χ1v) is 16.3. The molecule has 5 rings (SSSR count). The van der Waals surface area contributed by atoms with Crippen LogP contribution in [0.25, 0.3) is 0 Å². The van der Waals surface area contributed by atoms with Crippen molar-refractivity contribution in [2.75, 3.05) is 26.2 Å². The number of aliphatic hydroxyl groups is 1. The summed E-state index contributed by atoms with van der Waals surface area (Å²) in [5.41, 5.74) is 1.04. The number of carbonyl (C=O) groups is 5. The van der Waals surface area contributed by atoms with Crippen LogP contribution >= 0.6 is 0 Å². The molecule has 2 aromatic rings. The van der Waals surface area contributed by atoms with Crippen LogP contribution in [0.4, 0.5) is 0 Å². The molecule has 3 fully saturated rings. The van der Waals surface area contributed by atoms with Crippen LogP contribution in [0.3, 0.4) is 0 Å². The van der Waals surface area contributed by atoms with Gasteiger partial charge in [-0.25, -0.2) is 0 Å². The van der Waals surface area contributed by atoms with Gasteiger partial charge in [0, 0.05) is 32.0 Å². The molecule has 252 valence electrons. The van der Waals surface area contributed by atoms with Crippen molar-refractivity contribution in [2.45, 2.75) is 82.3 Å². The van der Waals surface area contributed by atoms with Crippen molar-refractivity contribution in [3.8, 4) is 0 Å². The van der Waals surface area contributed by atoms with Crippen molar-refractivity contribution in [3.05, 3.63) is 66.0 Å². The number of nitrogens with zero attached hydrogens (tertiary/aromatic N) is 3. The van der Waals surface area contributed by atoms with Gasteiger partial charge >= 0.3 is 0 Å². The van der Waals surface area contributed by atoms with E-state index in [4.69, 9.17) is 4.74 Å². The maximum atomic E-state index is 14.1. The standard InChI is InChI=1S/C34H44N6O7/c1-21(2)16-25-31(43)37-24-12-15-47-28(30(24)42)19-39(33(45)23-10-6-13-35-18-23)20-29(41)36-26(17-22-8-4-3-5-9-22)34(46)40-14-7-11-27(40)32(44)38-25/h3-6,8-10,13,18,21,24-28,30,42H,7,11-12,14-17,19-20H2,1-2H3,(H,36,41)(H,37,43)(H,38,44)/t24-,25+,26-,27+,28+,30-/m0/s1. The average molecular weight is 649 g/mol. The van der Waals surface area contributed by atoms with E-state index in [1.807, 2.05) is 44.2 Å². The van der Waals surface area contributed by atoms with E-state index in [1.54, 1.807) is 12.1 Å². The number of benzene rings is 1. The van der Waals surface area contributed by atoms with E-state index in [-0.39, 0.29) is 31.1 Å². The number of ether oxygens (including phenoxy) is 1. The molecule has 2 bridgehead atoms. The Bertz CT molecular complexity index is 1420. The second kappa shape index (κ2) is 15.5. The maximum absolute atomic E-state index is 14.1. The minimum atomic E-state index is -1.20. The highest BCUT2D eigenvalue weighted by Gasteiger charge is 2.41. The van der Waals surface area contributed by atoms with Crippen molar-refractivity contribution in [2.24, 2.45) is 5.92 Å². The molecule has 3 saturated heterocycles. The topological polar surface area (TPSA) is 170 Å². The average Bonchev–Trinajstić information content (AvgIpc) is 3.55. The van der Waals surface area contributed by atoms with Crippen molar-refractivity contribution in [1.82, 2.24) is 30.7 Å². The summed E-state index contributed by atoms with van der Waals surface area (Å²) in [6.45, 7) is 3.80. The van der Waals surface area contributed by atoms with E-state index in [1.165, 1.54) is 22.2 Å². The number of carbonyl (C=O) groups excluding carboxylic acids is 5. The van der Waals surface area contributed by atoms with E-state index in [2.05, 4.69) is 20.9 Å². The number of nitrogens with one attached hydrogen (secondary N) is 3. The van der Waals surface area contributed by atoms with Gasteiger partial charge in [-0.1, -0.05) is 44.2 Å². The van der Waals surface area contributed by atoms with Gasteiger partial charge in [0.1, 0.15) is 30.3 Å². The molecule has 0 saturated carbocycles. The maximum Gasteiger partial charge on any atom is 0.255 e. The van der Waals surface area contributed by atoms with E-state index in [0.717, 1.165) is 5.56 Å². The number of hydrogen-bond acceptors (Lipinski definition) is 8. The van der Waals surface area contributed by atoms with Crippen LogP contribution in [-0.2, 0) is 30.3 Å². The Labute approximate surface area is 274 Å². The van der Waals surface area contributed by atoms with Crippen LogP contribution in [0.1, 0.15) is 55.5 Å². The second-order valence-corrected chi connectivity index (χ2v) is 12.9. The number of pyridine rings is 1. The lowest BCUT2D eigenvalue weighted by Gasteiger charge is -2.38. The molecule has 3 aliphatic rings. The predicted molar refractivity (Wildman–Crippen MR) is 171 cm³/mol. The summed E-state index contributed by atoms with van der Waals surface area (Å²) >= 11 is 0. The fraction of sp³-hybridized carbons (Fsp3) is 0.529. The number of rotatable bonds is 5. The summed E-state index contributed by atoms with van der Waals surface area (Å²) in [5, 5.41) is 20.0. The van der Waals surface area contributed by atoms with Gasteiger partial charge in [-0.05, 0) is 49.3 Å². The van der Waals surface area contributed by atoms with Crippen LogP contribution in [0.15, 0.2) is 54.9 Å². The molecule has 1 aromatic heterocycles. The van der Waals surface area contributed by atoms with Crippen molar-refractivity contribution >= 4 is 29.5 Å². The quantitative estimate of drug-likeness (QED) is 0.362. The minimum Gasteiger partial charge on any atom is -0.388 e. The second-order valence-electron chi connectivity index (χ2n) is 12.9. The Morgan fingerprint density at radius 1 is 1.00 bits per heavy atom. The molecule has 1 aromatic carbocycles. The Balaban J connectivity index is 1.51. The van der Waals surface area contributed by atoms with Crippen molar-refractivity contribution < 1.29 is 33.8 Å². The molecule has 6 atom stereocenters. The van der Waals surface area contributed by atoms with E-state index < -0.39 is 72.5 Å². The summed E-state index contributed by atoms with van der Waals surface area (Å²) in [6, 6.07) is 8.94. The molecule has 13 nitrogen and oxygen atoms in total. The molecule has 0 spiro atoms. The van der Waals surface area contributed by atoms with Crippen molar-refractivity contribution in [1.29, 1.82) is 0 Å². The van der Waals surface area contributed by atoms with Crippen LogP contribution in [0.2, 0.25) is 0 Å². The van der Waals surface area contributed by atoms with Gasteiger partial charge < -0.3 is 35.6 Å². The monoisotopic (exact) mass is 648 g/mol. The summed E-state index contributed by atoms with van der Waals surface area (Å²) in [5.74, 6) is -2.35. The van der Waals surface area contributed by atoms with Gasteiger partial charge in [0.15, 0.2) is 0 Å². The third-order valence-electron chi connectivity index (χ3n) is 8.91. The molecule has 0 unspecified atom stereocenters. The highest BCUT2D eigenvalue weighted by Crippen LogP contribution is 2.22. The molecular formula is C34H44N6O7. The first kappa shape index (κ1) is 34.0. The van der Waals surface area contributed by atoms with E-state index in [0.29, 0.717) is 32.2 Å². The number of aromatic nitrogens is 1. The zero-order valence-electron chi connectivity index (χ0n) is 26.8. The molecule has 4 heterocycles. The fourth-order valence-corrected chi connectivity index (χ4v) is 6.52. The highest BCUT2D eigenvalue weighted by molar-refractivity contribution is 5.98. The van der Waals surface area contributed by atoms with Gasteiger partial charge in [-0.15, -0.1) is 0 Å². The Morgan fingerprint density at radius 2 is 1.79 bits per heavy atom. The lowest BCUT2D eigenvalue weighted by Crippen LogP contribution is -2.60. The Hall–Kier alpha value is -4.36. The lowest BCUT2D eigenvalue weighted by atomic mass is 9.97. The SMILES string of the molecule is CC(C)C[C@H]1NC(=O)[C@H]2CCCN2C(=O)[C@H](Cc2ccccc2)NC(=O)CN(C(=O)c2cccnc2)C[C@H]2OCC[C@H](NC1=O)[C@@H]2O. The molecule has 4 N–H and O–H groups in total. The van der Waals surface area contributed by atoms with Crippen LogP contribution in [-0.4, -0.2) is 112 Å². The molecule has 47 heavy (non-hydrogen) atoms. The normalized spacial score (nSPS) is 27.8. The Morgan fingerprint density at radius 3 is 2.51 bits per heavy atom. The van der Waals surface area contributed by atoms with Crippen molar-refractivity contribution in [3.63, 3.8) is 0 Å². The first-order valence-electron chi connectivity index (χ1n) is 16.3. The minimum absolute atomic E-state index is 0.0614. The third kappa shape index (κ3) is 8.52. The van der Waals surface area contributed by atoms with E-state index in [9.17, 15) is 29.1 Å². The largest absolute Gasteiger partial charge is 0.388 e. The summed E-state index contributed by atoms with van der Waals surface area (Å²) in [6.07, 6.45) is 2.60. The van der Waals surface area contributed by atoms with Gasteiger partial charge in [0.05, 0.1) is 24.7 Å². The summed E-state index contributed by atoms with van der Waals surface area (Å²) in [7, 11) is 0. The van der Waals surface area contributed by atoms with Gasteiger partial charge in [0.25, 0.3) is 5.91 Å². The zero-order chi connectivity index (χ0) is 33.5. The molecule has 0 radical (unpaired) electrons. The lowest BCUT2D eigenvalue weighted by molar-refractivity contribution is -0.142. The molecular weight excluding hydrogens is 604 g/mol. The molecule has 3 aliphatic heterocycles. The summed E-state index contributed by atoms with van der Waals surface area (Å²) < 4.78 is 5.88. The predicted octanol–water partition coefficient (Wildman–Crippen LogP) is 0.421. The molecule has 13 heteroatoms. The summed E-state index contributed by atoms with van der Waals surface area (Å²) in [4.78, 5) is 75.6.